The van der Waals surface area contributed by atoms with Gasteiger partial charge in [-0.3, -0.25) is 9.59 Å². The molecule has 1 amide bonds. The van der Waals surface area contributed by atoms with Gasteiger partial charge in [-0.15, -0.1) is 0 Å². The molecule has 0 spiro atoms. The molecule has 4 nitrogen and oxygen atoms in total. The van der Waals surface area contributed by atoms with Crippen LogP contribution < -0.4 is 5.32 Å². The normalized spacial score (nSPS) is 15.4. The van der Waals surface area contributed by atoms with Crippen LogP contribution in [0.4, 0.5) is 5.69 Å². The molecule has 142 valence electrons. The zero-order chi connectivity index (χ0) is 19.4. The van der Waals surface area contributed by atoms with Crippen molar-refractivity contribution in [1.29, 1.82) is 0 Å². The average molecular weight is 365 g/mol. The lowest BCUT2D eigenvalue weighted by Crippen LogP contribution is -2.36. The van der Waals surface area contributed by atoms with Crippen LogP contribution in [-0.4, -0.2) is 18.5 Å². The van der Waals surface area contributed by atoms with Crippen LogP contribution in [0.15, 0.2) is 42.5 Å². The van der Waals surface area contributed by atoms with Crippen molar-refractivity contribution < 1.29 is 14.3 Å². The van der Waals surface area contributed by atoms with Crippen LogP contribution in [0.25, 0.3) is 0 Å². The highest BCUT2D eigenvalue weighted by molar-refractivity contribution is 5.95. The number of rotatable bonds is 5. The van der Waals surface area contributed by atoms with E-state index in [9.17, 15) is 9.59 Å². The number of anilines is 1. The number of ether oxygens (including phenoxy) is 1. The Kier molecular flexibility index (Phi) is 5.64. The van der Waals surface area contributed by atoms with E-state index >= 15 is 0 Å². The predicted molar refractivity (Wildman–Crippen MR) is 107 cm³/mol. The second-order valence-electron chi connectivity index (χ2n) is 7.55. The molecule has 1 saturated carbocycles. The Labute approximate surface area is 160 Å². The third-order valence-corrected chi connectivity index (χ3v) is 5.45. The van der Waals surface area contributed by atoms with E-state index in [0.29, 0.717) is 0 Å². The Morgan fingerprint density at radius 1 is 1.00 bits per heavy atom. The highest BCUT2D eigenvalue weighted by atomic mass is 16.5. The summed E-state index contributed by atoms with van der Waals surface area (Å²) in [6.07, 6.45) is 3.54. The molecule has 1 N–H and O–H groups in total. The number of esters is 1. The minimum absolute atomic E-state index is 0.264. The van der Waals surface area contributed by atoms with Gasteiger partial charge in [0.15, 0.2) is 6.61 Å². The lowest BCUT2D eigenvalue weighted by molar-refractivity contribution is -0.153. The van der Waals surface area contributed by atoms with E-state index in [1.807, 2.05) is 63.2 Å². The van der Waals surface area contributed by atoms with Gasteiger partial charge in [0.1, 0.15) is 0 Å². The summed E-state index contributed by atoms with van der Waals surface area (Å²) in [6.45, 7) is 5.69. The molecule has 4 heteroatoms. The van der Waals surface area contributed by atoms with Crippen LogP contribution in [0.5, 0.6) is 0 Å². The summed E-state index contributed by atoms with van der Waals surface area (Å²) in [5, 5.41) is 2.89. The van der Waals surface area contributed by atoms with Crippen molar-refractivity contribution in [3.05, 3.63) is 64.7 Å². The van der Waals surface area contributed by atoms with Gasteiger partial charge >= 0.3 is 5.97 Å². The average Bonchev–Trinajstić information content (AvgIpc) is 3.14. The molecule has 1 aliphatic carbocycles. The molecule has 0 aromatic heterocycles. The van der Waals surface area contributed by atoms with Crippen molar-refractivity contribution in [3.63, 3.8) is 0 Å². The van der Waals surface area contributed by atoms with Crippen LogP contribution in [0.3, 0.4) is 0 Å². The fraction of sp³-hybridized carbons (Fsp3) is 0.391. The van der Waals surface area contributed by atoms with Gasteiger partial charge in [-0.05, 0) is 50.3 Å². The van der Waals surface area contributed by atoms with Gasteiger partial charge in [0.05, 0.1) is 5.41 Å². The number of aryl methyl sites for hydroxylation is 3. The van der Waals surface area contributed by atoms with Gasteiger partial charge in [0.25, 0.3) is 5.91 Å². The molecule has 0 bridgehead atoms. The maximum Gasteiger partial charge on any atom is 0.317 e. The molecule has 2 aromatic carbocycles. The quantitative estimate of drug-likeness (QED) is 0.788. The monoisotopic (exact) mass is 365 g/mol. The maximum atomic E-state index is 12.9. The highest BCUT2D eigenvalue weighted by Crippen LogP contribution is 2.42. The van der Waals surface area contributed by atoms with Crippen LogP contribution in [0.2, 0.25) is 0 Å². The number of carbonyl (C=O) groups is 2. The van der Waals surface area contributed by atoms with E-state index in [1.54, 1.807) is 0 Å². The summed E-state index contributed by atoms with van der Waals surface area (Å²) in [7, 11) is 0. The standard InChI is InChI=1S/C23H27NO3/c1-16-13-17(2)21(18(3)14-16)24-20(25)15-27-22(26)23(11-7-8-12-23)19-9-5-4-6-10-19/h4-6,9-10,13-14H,7-8,11-12,15H2,1-3H3,(H,24,25). The van der Waals surface area contributed by atoms with Crippen LogP contribution >= 0.6 is 0 Å². The van der Waals surface area contributed by atoms with Crippen LogP contribution in [0, 0.1) is 20.8 Å². The predicted octanol–water partition coefficient (Wildman–Crippen LogP) is 4.61. The number of nitrogens with one attached hydrogen (secondary N) is 1. The minimum Gasteiger partial charge on any atom is -0.455 e. The molecule has 1 aliphatic rings. The topological polar surface area (TPSA) is 55.4 Å². The third-order valence-electron chi connectivity index (χ3n) is 5.45. The molecule has 0 aliphatic heterocycles. The Morgan fingerprint density at radius 2 is 1.59 bits per heavy atom. The van der Waals surface area contributed by atoms with Crippen LogP contribution in [0.1, 0.15) is 47.9 Å². The fourth-order valence-corrected chi connectivity index (χ4v) is 4.17. The first-order valence-corrected chi connectivity index (χ1v) is 9.53. The number of hydrogen-bond acceptors (Lipinski definition) is 3. The molecule has 2 aromatic rings. The molecule has 27 heavy (non-hydrogen) atoms. The molecule has 0 atom stereocenters. The van der Waals surface area contributed by atoms with Crippen molar-refractivity contribution >= 4 is 17.6 Å². The van der Waals surface area contributed by atoms with Crippen molar-refractivity contribution in [2.45, 2.75) is 51.9 Å². The summed E-state index contributed by atoms with van der Waals surface area (Å²) in [4.78, 5) is 25.3. The molecule has 0 radical (unpaired) electrons. The third kappa shape index (κ3) is 4.05. The lowest BCUT2D eigenvalue weighted by atomic mass is 9.79. The molecular weight excluding hydrogens is 338 g/mol. The number of benzene rings is 2. The SMILES string of the molecule is Cc1cc(C)c(NC(=O)COC(=O)C2(c3ccccc3)CCCC2)c(C)c1. The first-order valence-electron chi connectivity index (χ1n) is 9.53. The summed E-state index contributed by atoms with van der Waals surface area (Å²) >= 11 is 0. The zero-order valence-corrected chi connectivity index (χ0v) is 16.3. The van der Waals surface area contributed by atoms with E-state index in [0.717, 1.165) is 53.6 Å². The minimum atomic E-state index is -0.614. The van der Waals surface area contributed by atoms with E-state index < -0.39 is 5.41 Å². The second-order valence-corrected chi connectivity index (χ2v) is 7.55. The van der Waals surface area contributed by atoms with E-state index in [2.05, 4.69) is 5.32 Å². The second kappa shape index (κ2) is 7.95. The lowest BCUT2D eigenvalue weighted by Gasteiger charge is -2.27. The Balaban J connectivity index is 1.67. The van der Waals surface area contributed by atoms with Gasteiger partial charge in [0.2, 0.25) is 0 Å². The van der Waals surface area contributed by atoms with Gasteiger partial charge in [-0.2, -0.15) is 0 Å². The first-order chi connectivity index (χ1) is 12.9. The summed E-state index contributed by atoms with van der Waals surface area (Å²) in [5.74, 6) is -0.599. The van der Waals surface area contributed by atoms with Crippen LogP contribution in [-0.2, 0) is 19.7 Å². The van der Waals surface area contributed by atoms with Crippen molar-refractivity contribution in [2.24, 2.45) is 0 Å². The number of carbonyl (C=O) groups excluding carboxylic acids is 2. The van der Waals surface area contributed by atoms with Crippen molar-refractivity contribution in [1.82, 2.24) is 0 Å². The number of amides is 1. The molecule has 0 saturated heterocycles. The Hall–Kier alpha value is -2.62. The van der Waals surface area contributed by atoms with E-state index in [1.165, 1.54) is 0 Å². The smallest absolute Gasteiger partial charge is 0.317 e. The van der Waals surface area contributed by atoms with Gasteiger partial charge in [-0.1, -0.05) is 60.9 Å². The zero-order valence-electron chi connectivity index (χ0n) is 16.3. The van der Waals surface area contributed by atoms with Crippen molar-refractivity contribution in [3.8, 4) is 0 Å². The first kappa shape index (κ1) is 19.2. The fourth-order valence-electron chi connectivity index (χ4n) is 4.17. The van der Waals surface area contributed by atoms with E-state index in [4.69, 9.17) is 4.74 Å². The summed E-state index contributed by atoms with van der Waals surface area (Å²) in [5.41, 5.74) is 4.32. The molecular formula is C23H27NO3. The van der Waals surface area contributed by atoms with Crippen molar-refractivity contribution in [2.75, 3.05) is 11.9 Å². The Morgan fingerprint density at radius 3 is 2.19 bits per heavy atom. The largest absolute Gasteiger partial charge is 0.455 e. The summed E-state index contributed by atoms with van der Waals surface area (Å²) < 4.78 is 5.47. The Bertz CT molecular complexity index is 813. The molecule has 0 heterocycles. The highest BCUT2D eigenvalue weighted by Gasteiger charge is 2.44. The summed E-state index contributed by atoms with van der Waals surface area (Å²) in [6, 6.07) is 13.8. The van der Waals surface area contributed by atoms with Gasteiger partial charge in [0, 0.05) is 5.69 Å². The number of hydrogen-bond donors (Lipinski definition) is 1. The van der Waals surface area contributed by atoms with E-state index in [-0.39, 0.29) is 18.5 Å². The van der Waals surface area contributed by atoms with Gasteiger partial charge in [-0.25, -0.2) is 0 Å². The molecule has 3 rings (SSSR count). The maximum absolute atomic E-state index is 12.9. The molecule has 0 unspecified atom stereocenters. The van der Waals surface area contributed by atoms with Gasteiger partial charge < -0.3 is 10.1 Å². The molecule has 1 fully saturated rings.